The van der Waals surface area contributed by atoms with Gasteiger partial charge in [-0.25, -0.2) is 0 Å². The molecule has 5 N–H and O–H groups in total. The zero-order valence-corrected chi connectivity index (χ0v) is 17.4. The molecule has 0 aromatic carbocycles. The maximum absolute atomic E-state index is 11.0. The Morgan fingerprint density at radius 2 is 0.643 bits per heavy atom. The van der Waals surface area contributed by atoms with Crippen molar-refractivity contribution in [3.05, 3.63) is 0 Å². The summed E-state index contributed by atoms with van der Waals surface area (Å²) in [5, 5.41) is 44.1. The van der Waals surface area contributed by atoms with Gasteiger partial charge in [0, 0.05) is 26.2 Å². The van der Waals surface area contributed by atoms with Crippen molar-refractivity contribution in [3.8, 4) is 0 Å². The molecule has 28 heavy (non-hydrogen) atoms. The number of aliphatic carboxylic acids is 5. The summed E-state index contributed by atoms with van der Waals surface area (Å²) < 4.78 is 0. The fourth-order valence-electron chi connectivity index (χ4n) is 2.22. The molecule has 0 amide bonds. The molecular weight excluding hydrogens is 410 g/mol. The van der Waals surface area contributed by atoms with Crippen LogP contribution in [0, 0.1) is 0 Å². The third-order valence-electron chi connectivity index (χ3n) is 3.26. The maximum Gasteiger partial charge on any atom is 2.00 e. The van der Waals surface area contributed by atoms with Crippen LogP contribution in [0.15, 0.2) is 0 Å². The maximum atomic E-state index is 11.0. The molecule has 14 heteroatoms. The van der Waals surface area contributed by atoms with Gasteiger partial charge in [-0.15, -0.1) is 0 Å². The molecule has 0 aliphatic carbocycles. The Morgan fingerprint density at radius 3 is 0.857 bits per heavy atom. The summed E-state index contributed by atoms with van der Waals surface area (Å²) in [4.78, 5) is 57.6. The number of rotatable bonds is 16. The molecule has 13 nitrogen and oxygen atoms in total. The normalized spacial score (nSPS) is 10.7. The van der Waals surface area contributed by atoms with Crippen LogP contribution < -0.4 is 0 Å². The molecule has 0 saturated heterocycles. The second-order valence-corrected chi connectivity index (χ2v) is 5.67. The van der Waals surface area contributed by atoms with Gasteiger partial charge in [0.2, 0.25) is 0 Å². The molecule has 0 rings (SSSR count). The summed E-state index contributed by atoms with van der Waals surface area (Å²) in [5.41, 5.74) is 0. The third kappa shape index (κ3) is 16.6. The first-order chi connectivity index (χ1) is 12.5. The van der Waals surface area contributed by atoms with Crippen molar-refractivity contribution in [3.63, 3.8) is 0 Å². The van der Waals surface area contributed by atoms with E-state index in [0.717, 1.165) is 9.80 Å². The van der Waals surface area contributed by atoms with Crippen molar-refractivity contribution in [1.82, 2.24) is 14.7 Å². The fourth-order valence-corrected chi connectivity index (χ4v) is 2.22. The Hall–Kier alpha value is -1.51. The molecule has 0 heterocycles. The van der Waals surface area contributed by atoms with Crippen LogP contribution in [0.2, 0.25) is 0 Å². The molecule has 0 radical (unpaired) electrons. The van der Waals surface area contributed by atoms with E-state index in [-0.39, 0.29) is 66.8 Å². The number of carbonyl (C=O) groups is 5. The minimum Gasteiger partial charge on any atom is -1.00 e. The first kappa shape index (κ1) is 28.7. The Balaban J connectivity index is -0.00000113. The van der Waals surface area contributed by atoms with E-state index in [4.69, 9.17) is 25.5 Å². The van der Waals surface area contributed by atoms with Crippen molar-refractivity contribution in [2.45, 2.75) is 0 Å². The molecule has 0 bridgehead atoms. The van der Waals surface area contributed by atoms with Crippen LogP contribution in [0.25, 0.3) is 0 Å². The fraction of sp³-hybridized carbons (Fsp3) is 0.643. The average molecular weight is 435 g/mol. The van der Waals surface area contributed by atoms with E-state index in [0.29, 0.717) is 0 Å². The van der Waals surface area contributed by atoms with E-state index in [1.165, 1.54) is 4.90 Å². The van der Waals surface area contributed by atoms with Gasteiger partial charge in [-0.3, -0.25) is 38.7 Å². The summed E-state index contributed by atoms with van der Waals surface area (Å²) in [6.45, 7) is -2.74. The number of carboxylic acid groups (broad SMARTS) is 5. The second kappa shape index (κ2) is 15.4. The van der Waals surface area contributed by atoms with Gasteiger partial charge in [-0.1, -0.05) is 0 Å². The van der Waals surface area contributed by atoms with Crippen LogP contribution in [0.1, 0.15) is 2.85 Å². The summed E-state index contributed by atoms with van der Waals surface area (Å²) in [6.07, 6.45) is 0. The summed E-state index contributed by atoms with van der Waals surface area (Å²) in [5.74, 6) is -6.16. The van der Waals surface area contributed by atoms with Gasteiger partial charge in [-0.2, -0.15) is 0 Å². The molecule has 0 aromatic heterocycles. The molecule has 0 saturated carbocycles. The number of hydrogen-bond acceptors (Lipinski definition) is 8. The third-order valence-corrected chi connectivity index (χ3v) is 3.26. The molecular formula is C14H25CaN3O10. The minimum absolute atomic E-state index is 0. The van der Waals surface area contributed by atoms with E-state index in [2.05, 4.69) is 0 Å². The molecule has 0 aliphatic rings. The number of carboxylic acids is 5. The monoisotopic (exact) mass is 435 g/mol. The Bertz CT molecular complexity index is 498. The largest absolute Gasteiger partial charge is 2.00 e. The topological polar surface area (TPSA) is 196 Å². The zero-order valence-electron chi connectivity index (χ0n) is 17.2. The standard InChI is InChI=1S/C14H23N3O10.Ca.2H/c18-10(19)5-15(1-3-16(6-11(20)21)7-12(22)23)2-4-17(8-13(24)25)9-14(26)27;;;/h1-9H2,(H,18,19)(H,20,21)(H,22,23)(H,24,25)(H,26,27);;;/q;+2;2*-1. The molecule has 0 aromatic rings. The van der Waals surface area contributed by atoms with Crippen molar-refractivity contribution in [1.29, 1.82) is 0 Å². The van der Waals surface area contributed by atoms with Crippen LogP contribution in [0.5, 0.6) is 0 Å². The first-order valence-corrected chi connectivity index (χ1v) is 7.75. The van der Waals surface area contributed by atoms with E-state index >= 15 is 0 Å². The van der Waals surface area contributed by atoms with Crippen LogP contribution in [0.3, 0.4) is 0 Å². The number of hydrogen-bond donors (Lipinski definition) is 5. The predicted molar refractivity (Wildman–Crippen MR) is 95.5 cm³/mol. The molecule has 0 fully saturated rings. The number of nitrogens with zero attached hydrogens (tertiary/aromatic N) is 3. The predicted octanol–water partition coefficient (Wildman–Crippen LogP) is -2.84. The van der Waals surface area contributed by atoms with E-state index in [1.54, 1.807) is 0 Å². The molecule has 0 unspecified atom stereocenters. The van der Waals surface area contributed by atoms with Gasteiger partial charge >= 0.3 is 67.6 Å². The van der Waals surface area contributed by atoms with Crippen LogP contribution in [-0.2, 0) is 24.0 Å². The van der Waals surface area contributed by atoms with Crippen LogP contribution in [-0.4, -0.2) is 167 Å². The second-order valence-electron chi connectivity index (χ2n) is 5.67. The van der Waals surface area contributed by atoms with Gasteiger partial charge in [-0.05, 0) is 0 Å². The van der Waals surface area contributed by atoms with Gasteiger partial charge in [0.15, 0.2) is 0 Å². The minimum atomic E-state index is -1.24. The quantitative estimate of drug-likeness (QED) is 0.156. The van der Waals surface area contributed by atoms with E-state index in [1.807, 2.05) is 0 Å². The van der Waals surface area contributed by atoms with Crippen molar-refractivity contribution >= 4 is 67.6 Å². The van der Waals surface area contributed by atoms with Crippen molar-refractivity contribution in [2.75, 3.05) is 58.9 Å². The Labute approximate surface area is 193 Å². The molecule has 0 atom stereocenters. The first-order valence-electron chi connectivity index (χ1n) is 7.75. The summed E-state index contributed by atoms with van der Waals surface area (Å²) in [7, 11) is 0. The van der Waals surface area contributed by atoms with Crippen LogP contribution >= 0.6 is 0 Å². The van der Waals surface area contributed by atoms with Gasteiger partial charge < -0.3 is 28.4 Å². The van der Waals surface area contributed by atoms with Crippen molar-refractivity contribution in [2.24, 2.45) is 0 Å². The Morgan fingerprint density at radius 1 is 0.464 bits per heavy atom. The van der Waals surface area contributed by atoms with Gasteiger partial charge in [0.05, 0.1) is 32.7 Å². The van der Waals surface area contributed by atoms with Gasteiger partial charge in [0.1, 0.15) is 0 Å². The van der Waals surface area contributed by atoms with E-state index in [9.17, 15) is 24.0 Å². The zero-order chi connectivity index (χ0) is 21.0. The Kier molecular flexibility index (Phi) is 15.8. The summed E-state index contributed by atoms with van der Waals surface area (Å²) in [6, 6.07) is 0. The molecule has 0 aliphatic heterocycles. The smallest absolute Gasteiger partial charge is 1.00 e. The van der Waals surface area contributed by atoms with Crippen molar-refractivity contribution < 1.29 is 52.4 Å². The van der Waals surface area contributed by atoms with Crippen LogP contribution in [0.4, 0.5) is 0 Å². The average Bonchev–Trinajstić information content (AvgIpc) is 2.46. The summed E-state index contributed by atoms with van der Waals surface area (Å²) >= 11 is 0. The molecule has 0 spiro atoms. The molecule has 158 valence electrons. The van der Waals surface area contributed by atoms with Gasteiger partial charge in [0.25, 0.3) is 0 Å². The van der Waals surface area contributed by atoms with E-state index < -0.39 is 62.6 Å². The SMILES string of the molecule is O=C(O)CN(CCN(CC(=O)O)CC(=O)O)CCN(CC(=O)O)CC(=O)O.[Ca+2].[H-].[H-].